The quantitative estimate of drug-likeness (QED) is 0.760. The molecule has 2 N–H and O–H groups in total. The lowest BCUT2D eigenvalue weighted by Gasteiger charge is -2.25. The number of hydrogen-bond donors (Lipinski definition) is 2. The van der Waals surface area contributed by atoms with Crippen molar-refractivity contribution in [1.29, 1.82) is 0 Å². The van der Waals surface area contributed by atoms with E-state index in [-0.39, 0.29) is 6.10 Å². The van der Waals surface area contributed by atoms with Crippen molar-refractivity contribution in [3.8, 4) is 11.5 Å². The Labute approximate surface area is 134 Å². The van der Waals surface area contributed by atoms with Gasteiger partial charge >= 0.3 is 0 Å². The second-order valence-electron chi connectivity index (χ2n) is 5.77. The summed E-state index contributed by atoms with van der Waals surface area (Å²) in [6.45, 7) is 2.21. The molecule has 0 aliphatic carbocycles. The molecule has 0 saturated heterocycles. The minimum Gasteiger partial charge on any atom is -0.458 e. The van der Waals surface area contributed by atoms with Gasteiger partial charge in [0.15, 0.2) is 5.76 Å². The molecule has 3 heterocycles. The Morgan fingerprint density at radius 1 is 1.13 bits per heavy atom. The van der Waals surface area contributed by atoms with Gasteiger partial charge in [0.2, 0.25) is 0 Å². The van der Waals surface area contributed by atoms with Crippen molar-refractivity contribution in [3.63, 3.8) is 0 Å². The molecule has 1 aromatic carbocycles. The van der Waals surface area contributed by atoms with Gasteiger partial charge in [-0.3, -0.25) is 5.10 Å². The Balaban J connectivity index is 1.29. The summed E-state index contributed by atoms with van der Waals surface area (Å²) in [7, 11) is 0. The Kier molecular flexibility index (Phi) is 3.96. The maximum absolute atomic E-state index is 5.90. The van der Waals surface area contributed by atoms with E-state index in [0.29, 0.717) is 13.2 Å². The highest BCUT2D eigenvalue weighted by Gasteiger charge is 2.18. The van der Waals surface area contributed by atoms with Gasteiger partial charge in [0, 0.05) is 19.2 Å². The normalized spacial score (nSPS) is 17.1. The van der Waals surface area contributed by atoms with Crippen LogP contribution in [0.15, 0.2) is 53.1 Å². The number of furan rings is 1. The Morgan fingerprint density at radius 2 is 2.04 bits per heavy atom. The first kappa shape index (κ1) is 14.2. The van der Waals surface area contributed by atoms with Crippen LogP contribution in [0.2, 0.25) is 0 Å². The zero-order valence-electron chi connectivity index (χ0n) is 12.8. The van der Waals surface area contributed by atoms with Gasteiger partial charge in [0.1, 0.15) is 11.5 Å². The fourth-order valence-corrected chi connectivity index (χ4v) is 2.91. The number of benzene rings is 1. The monoisotopic (exact) mass is 309 g/mol. The van der Waals surface area contributed by atoms with E-state index < -0.39 is 0 Å². The van der Waals surface area contributed by atoms with Crippen molar-refractivity contribution in [2.45, 2.75) is 25.7 Å². The second kappa shape index (κ2) is 6.40. The van der Waals surface area contributed by atoms with E-state index in [4.69, 9.17) is 9.15 Å². The minimum atomic E-state index is 0.215. The van der Waals surface area contributed by atoms with E-state index in [9.17, 15) is 0 Å². The predicted octanol–water partition coefficient (Wildman–Crippen LogP) is 2.90. The predicted molar refractivity (Wildman–Crippen MR) is 86.7 cm³/mol. The molecule has 0 radical (unpaired) electrons. The maximum atomic E-state index is 5.90. The fraction of sp³-hybridized carbons (Fsp3) is 0.278. The number of nitrogens with zero attached hydrogens (tertiary/aromatic N) is 1. The molecule has 0 amide bonds. The molecule has 3 aromatic rings. The first-order chi connectivity index (χ1) is 11.4. The van der Waals surface area contributed by atoms with E-state index in [0.717, 1.165) is 30.2 Å². The first-order valence-electron chi connectivity index (χ1n) is 7.86. The maximum Gasteiger partial charge on any atom is 0.152 e. The van der Waals surface area contributed by atoms with Crippen LogP contribution in [0.5, 0.6) is 0 Å². The SMILES string of the molecule is c1ccc2c(c1)CO[C@H](CNCc1ccc(-c3ccn[nH]3)o1)C2. The molecule has 118 valence electrons. The van der Waals surface area contributed by atoms with Crippen LogP contribution in [-0.2, 0) is 24.3 Å². The molecule has 0 spiro atoms. The molecule has 0 bridgehead atoms. The number of ether oxygens (including phenoxy) is 1. The van der Waals surface area contributed by atoms with Crippen molar-refractivity contribution in [2.75, 3.05) is 6.54 Å². The van der Waals surface area contributed by atoms with Gasteiger partial charge in [-0.15, -0.1) is 0 Å². The van der Waals surface area contributed by atoms with Gasteiger partial charge < -0.3 is 14.5 Å². The van der Waals surface area contributed by atoms with E-state index in [1.165, 1.54) is 11.1 Å². The topological polar surface area (TPSA) is 63.1 Å². The summed E-state index contributed by atoms with van der Waals surface area (Å²) in [5, 5.41) is 10.2. The first-order valence-corrected chi connectivity index (χ1v) is 7.86. The summed E-state index contributed by atoms with van der Waals surface area (Å²) in [4.78, 5) is 0. The zero-order valence-corrected chi connectivity index (χ0v) is 12.8. The lowest BCUT2D eigenvalue weighted by molar-refractivity contribution is 0.0286. The number of rotatable bonds is 5. The van der Waals surface area contributed by atoms with Crippen LogP contribution in [0.3, 0.4) is 0 Å². The number of aromatic nitrogens is 2. The van der Waals surface area contributed by atoms with Crippen LogP contribution in [0, 0.1) is 0 Å². The standard InChI is InChI=1S/C18H19N3O2/c1-2-4-14-12-22-16(9-13(14)3-1)11-19-10-15-5-6-18(23-15)17-7-8-20-21-17/h1-8,16,19H,9-12H2,(H,20,21)/t16-/m0/s1. The Hall–Kier alpha value is -2.37. The molecular weight excluding hydrogens is 290 g/mol. The highest BCUT2D eigenvalue weighted by Crippen LogP contribution is 2.21. The molecule has 1 atom stereocenters. The third kappa shape index (κ3) is 3.21. The molecule has 0 fully saturated rings. The molecule has 4 rings (SSSR count). The van der Waals surface area contributed by atoms with Gasteiger partial charge in [-0.1, -0.05) is 24.3 Å². The fourth-order valence-electron chi connectivity index (χ4n) is 2.91. The van der Waals surface area contributed by atoms with Crippen molar-refractivity contribution in [3.05, 3.63) is 65.5 Å². The lowest BCUT2D eigenvalue weighted by Crippen LogP contribution is -2.33. The van der Waals surface area contributed by atoms with Gasteiger partial charge in [-0.05, 0) is 29.3 Å². The largest absolute Gasteiger partial charge is 0.458 e. The molecular formula is C18H19N3O2. The van der Waals surface area contributed by atoms with Gasteiger partial charge in [0.05, 0.1) is 19.3 Å². The van der Waals surface area contributed by atoms with Crippen LogP contribution in [0.1, 0.15) is 16.9 Å². The summed E-state index contributed by atoms with van der Waals surface area (Å²) in [6, 6.07) is 14.3. The van der Waals surface area contributed by atoms with Crippen molar-refractivity contribution < 1.29 is 9.15 Å². The molecule has 0 saturated carbocycles. The highest BCUT2D eigenvalue weighted by molar-refractivity contribution is 5.51. The van der Waals surface area contributed by atoms with Crippen LogP contribution >= 0.6 is 0 Å². The summed E-state index contributed by atoms with van der Waals surface area (Å²) < 4.78 is 11.7. The molecule has 1 aliphatic rings. The van der Waals surface area contributed by atoms with Gasteiger partial charge in [-0.2, -0.15) is 5.10 Å². The van der Waals surface area contributed by atoms with Gasteiger partial charge in [-0.25, -0.2) is 0 Å². The third-order valence-electron chi connectivity index (χ3n) is 4.14. The number of nitrogens with one attached hydrogen (secondary N) is 2. The van der Waals surface area contributed by atoms with Crippen LogP contribution in [-0.4, -0.2) is 22.8 Å². The van der Waals surface area contributed by atoms with Crippen LogP contribution in [0.4, 0.5) is 0 Å². The van der Waals surface area contributed by atoms with Crippen LogP contribution in [0.25, 0.3) is 11.5 Å². The molecule has 1 aliphatic heterocycles. The molecule has 23 heavy (non-hydrogen) atoms. The number of fused-ring (bicyclic) bond motifs is 1. The van der Waals surface area contributed by atoms with Crippen molar-refractivity contribution in [2.24, 2.45) is 0 Å². The van der Waals surface area contributed by atoms with Crippen molar-refractivity contribution in [1.82, 2.24) is 15.5 Å². The minimum absolute atomic E-state index is 0.215. The molecule has 2 aromatic heterocycles. The van der Waals surface area contributed by atoms with E-state index in [1.807, 2.05) is 18.2 Å². The molecule has 5 nitrogen and oxygen atoms in total. The highest BCUT2D eigenvalue weighted by atomic mass is 16.5. The van der Waals surface area contributed by atoms with Crippen LogP contribution < -0.4 is 5.32 Å². The molecule has 0 unspecified atom stereocenters. The molecule has 5 heteroatoms. The summed E-state index contributed by atoms with van der Waals surface area (Å²) in [5.41, 5.74) is 3.59. The summed E-state index contributed by atoms with van der Waals surface area (Å²) >= 11 is 0. The number of aromatic amines is 1. The Morgan fingerprint density at radius 3 is 2.91 bits per heavy atom. The third-order valence-corrected chi connectivity index (χ3v) is 4.14. The van der Waals surface area contributed by atoms with Gasteiger partial charge in [0.25, 0.3) is 0 Å². The van der Waals surface area contributed by atoms with E-state index in [2.05, 4.69) is 39.8 Å². The summed E-state index contributed by atoms with van der Waals surface area (Å²) in [5.74, 6) is 1.72. The second-order valence-corrected chi connectivity index (χ2v) is 5.77. The lowest BCUT2D eigenvalue weighted by atomic mass is 9.99. The zero-order chi connectivity index (χ0) is 15.5. The average molecular weight is 309 g/mol. The Bertz CT molecular complexity index is 764. The summed E-state index contributed by atoms with van der Waals surface area (Å²) in [6.07, 6.45) is 2.89. The number of hydrogen-bond acceptors (Lipinski definition) is 4. The number of H-pyrrole nitrogens is 1. The van der Waals surface area contributed by atoms with E-state index >= 15 is 0 Å². The van der Waals surface area contributed by atoms with E-state index in [1.54, 1.807) is 6.20 Å². The smallest absolute Gasteiger partial charge is 0.152 e. The van der Waals surface area contributed by atoms with Crippen molar-refractivity contribution >= 4 is 0 Å². The average Bonchev–Trinajstić information content (AvgIpc) is 3.26.